The first kappa shape index (κ1) is 15.9. The molecular formula is C17H22FN3O2. The molecule has 2 aliphatic rings. The maximum atomic E-state index is 14.2. The van der Waals surface area contributed by atoms with E-state index in [2.05, 4.69) is 0 Å². The molecule has 2 saturated heterocycles. The van der Waals surface area contributed by atoms with Crippen molar-refractivity contribution in [3.63, 3.8) is 0 Å². The van der Waals surface area contributed by atoms with E-state index in [0.29, 0.717) is 25.2 Å². The minimum Gasteiger partial charge on any atom is -0.336 e. The highest BCUT2D eigenvalue weighted by Gasteiger charge is 2.30. The second-order valence-electron chi connectivity index (χ2n) is 6.45. The first-order valence-corrected chi connectivity index (χ1v) is 8.14. The van der Waals surface area contributed by atoms with Crippen LogP contribution in [-0.4, -0.2) is 41.9 Å². The number of hydrogen-bond acceptors (Lipinski definition) is 3. The molecule has 2 fully saturated rings. The Labute approximate surface area is 135 Å². The average Bonchev–Trinajstić information content (AvgIpc) is 2.93. The Morgan fingerprint density at radius 2 is 2.13 bits per heavy atom. The fourth-order valence-electron chi connectivity index (χ4n) is 3.43. The Morgan fingerprint density at radius 3 is 2.78 bits per heavy atom. The molecule has 6 heteroatoms. The zero-order chi connectivity index (χ0) is 16.6. The van der Waals surface area contributed by atoms with E-state index >= 15 is 0 Å². The number of likely N-dealkylation sites (tertiary alicyclic amines) is 1. The monoisotopic (exact) mass is 319 g/mol. The van der Waals surface area contributed by atoms with Crippen molar-refractivity contribution in [1.82, 2.24) is 4.90 Å². The number of carbonyl (C=O) groups excluding carboxylic acids is 2. The van der Waals surface area contributed by atoms with Gasteiger partial charge in [0.25, 0.3) is 5.91 Å². The molecule has 0 spiro atoms. The number of carbonyl (C=O) groups is 2. The number of hydrogen-bond donors (Lipinski definition) is 1. The van der Waals surface area contributed by atoms with Crippen LogP contribution < -0.4 is 10.6 Å². The van der Waals surface area contributed by atoms with Crippen LogP contribution in [0.15, 0.2) is 18.2 Å². The molecule has 5 nitrogen and oxygen atoms in total. The van der Waals surface area contributed by atoms with Gasteiger partial charge in [0.2, 0.25) is 5.91 Å². The molecular weight excluding hydrogens is 297 g/mol. The third-order valence-electron chi connectivity index (χ3n) is 4.74. The van der Waals surface area contributed by atoms with Gasteiger partial charge in [0.05, 0.1) is 5.56 Å². The number of rotatable bonds is 2. The summed E-state index contributed by atoms with van der Waals surface area (Å²) in [7, 11) is 0. The normalized spacial score (nSPS) is 25.1. The lowest BCUT2D eigenvalue weighted by atomic mass is 9.98. The zero-order valence-corrected chi connectivity index (χ0v) is 13.3. The van der Waals surface area contributed by atoms with Crippen LogP contribution in [0.3, 0.4) is 0 Å². The van der Waals surface area contributed by atoms with Gasteiger partial charge in [0.15, 0.2) is 0 Å². The fourth-order valence-corrected chi connectivity index (χ4v) is 3.43. The van der Waals surface area contributed by atoms with Crippen molar-refractivity contribution in [3.05, 3.63) is 29.6 Å². The molecule has 2 atom stereocenters. The molecule has 0 bridgehead atoms. The summed E-state index contributed by atoms with van der Waals surface area (Å²) in [5.41, 5.74) is 6.55. The van der Waals surface area contributed by atoms with Gasteiger partial charge in [-0.25, -0.2) is 4.39 Å². The van der Waals surface area contributed by atoms with Crippen LogP contribution in [0.4, 0.5) is 10.1 Å². The summed E-state index contributed by atoms with van der Waals surface area (Å²) >= 11 is 0. The number of nitrogens with zero attached hydrogens (tertiary/aromatic N) is 2. The molecule has 2 aliphatic heterocycles. The minimum absolute atomic E-state index is 0.0114. The van der Waals surface area contributed by atoms with Crippen LogP contribution >= 0.6 is 0 Å². The third kappa shape index (κ3) is 3.08. The third-order valence-corrected chi connectivity index (χ3v) is 4.74. The predicted molar refractivity (Wildman–Crippen MR) is 85.7 cm³/mol. The number of amides is 2. The van der Waals surface area contributed by atoms with Crippen molar-refractivity contribution in [2.24, 2.45) is 5.73 Å². The Kier molecular flexibility index (Phi) is 4.35. The molecule has 0 aliphatic carbocycles. The average molecular weight is 319 g/mol. The molecule has 0 aromatic heterocycles. The number of benzene rings is 1. The SMILES string of the molecule is C[C@H]1C[C@@H](N)CCN1C(=O)c1cc(N2CCCC2=O)ccc1F. The molecule has 0 saturated carbocycles. The van der Waals surface area contributed by atoms with E-state index in [-0.39, 0.29) is 29.5 Å². The predicted octanol–water partition coefficient (Wildman–Crippen LogP) is 1.90. The Bertz CT molecular complexity index is 634. The van der Waals surface area contributed by atoms with Gasteiger partial charge in [-0.1, -0.05) is 0 Å². The molecule has 0 unspecified atom stereocenters. The molecule has 124 valence electrons. The van der Waals surface area contributed by atoms with E-state index in [0.717, 1.165) is 19.3 Å². The van der Waals surface area contributed by atoms with Crippen LogP contribution in [0.1, 0.15) is 43.0 Å². The van der Waals surface area contributed by atoms with Crippen molar-refractivity contribution in [2.45, 2.75) is 44.7 Å². The van der Waals surface area contributed by atoms with Gasteiger partial charge < -0.3 is 15.5 Å². The largest absolute Gasteiger partial charge is 0.336 e. The number of piperidine rings is 1. The van der Waals surface area contributed by atoms with Crippen molar-refractivity contribution in [2.75, 3.05) is 18.0 Å². The van der Waals surface area contributed by atoms with E-state index in [1.54, 1.807) is 15.9 Å². The smallest absolute Gasteiger partial charge is 0.257 e. The lowest BCUT2D eigenvalue weighted by molar-refractivity contribution is -0.117. The second-order valence-corrected chi connectivity index (χ2v) is 6.45. The summed E-state index contributed by atoms with van der Waals surface area (Å²) in [4.78, 5) is 27.9. The highest BCUT2D eigenvalue weighted by molar-refractivity contribution is 5.99. The molecule has 1 aromatic carbocycles. The van der Waals surface area contributed by atoms with Crippen LogP contribution in [0.25, 0.3) is 0 Å². The van der Waals surface area contributed by atoms with Gasteiger partial charge in [0, 0.05) is 37.3 Å². The van der Waals surface area contributed by atoms with Crippen molar-refractivity contribution in [3.8, 4) is 0 Å². The van der Waals surface area contributed by atoms with Crippen LogP contribution in [0.5, 0.6) is 0 Å². The van der Waals surface area contributed by atoms with Crippen LogP contribution in [0.2, 0.25) is 0 Å². The number of anilines is 1. The van der Waals surface area contributed by atoms with Gasteiger partial charge in [0.1, 0.15) is 5.82 Å². The van der Waals surface area contributed by atoms with E-state index in [4.69, 9.17) is 5.73 Å². The molecule has 2 N–H and O–H groups in total. The standard InChI is InChI=1S/C17H22FN3O2/c1-11-9-12(19)6-8-20(11)17(23)14-10-13(4-5-15(14)18)21-7-2-3-16(21)22/h4-5,10-12H,2-3,6-9,19H2,1H3/t11-,12-/m0/s1. The lowest BCUT2D eigenvalue weighted by Crippen LogP contribution is -2.48. The van der Waals surface area contributed by atoms with E-state index in [9.17, 15) is 14.0 Å². The number of nitrogens with two attached hydrogens (primary N) is 1. The first-order chi connectivity index (χ1) is 11.0. The van der Waals surface area contributed by atoms with Crippen LogP contribution in [0, 0.1) is 5.82 Å². The first-order valence-electron chi connectivity index (χ1n) is 8.14. The maximum Gasteiger partial charge on any atom is 0.257 e. The number of halogens is 1. The molecule has 2 amide bonds. The van der Waals surface area contributed by atoms with Gasteiger partial charge in [-0.15, -0.1) is 0 Å². The van der Waals surface area contributed by atoms with Crippen LogP contribution in [-0.2, 0) is 4.79 Å². The Balaban J connectivity index is 1.86. The molecule has 2 heterocycles. The highest BCUT2D eigenvalue weighted by Crippen LogP contribution is 2.26. The summed E-state index contributed by atoms with van der Waals surface area (Å²) in [5.74, 6) is -0.852. The summed E-state index contributed by atoms with van der Waals surface area (Å²) in [6.45, 7) is 3.09. The molecule has 23 heavy (non-hydrogen) atoms. The summed E-state index contributed by atoms with van der Waals surface area (Å²) in [6.07, 6.45) is 2.74. The maximum absolute atomic E-state index is 14.2. The van der Waals surface area contributed by atoms with Gasteiger partial charge in [-0.05, 0) is 44.4 Å². The van der Waals surface area contributed by atoms with Crippen molar-refractivity contribution in [1.29, 1.82) is 0 Å². The van der Waals surface area contributed by atoms with E-state index in [1.165, 1.54) is 12.1 Å². The quantitative estimate of drug-likeness (QED) is 0.905. The molecule has 3 rings (SSSR count). The summed E-state index contributed by atoms with van der Waals surface area (Å²) in [5, 5.41) is 0. The summed E-state index contributed by atoms with van der Waals surface area (Å²) in [6, 6.07) is 4.41. The second kappa shape index (κ2) is 6.28. The fraction of sp³-hybridized carbons (Fsp3) is 0.529. The lowest BCUT2D eigenvalue weighted by Gasteiger charge is -2.36. The minimum atomic E-state index is -0.549. The van der Waals surface area contributed by atoms with Gasteiger partial charge >= 0.3 is 0 Å². The van der Waals surface area contributed by atoms with E-state index < -0.39 is 5.82 Å². The Hall–Kier alpha value is -1.95. The molecule has 1 aromatic rings. The van der Waals surface area contributed by atoms with Gasteiger partial charge in [-0.3, -0.25) is 9.59 Å². The van der Waals surface area contributed by atoms with Gasteiger partial charge in [-0.2, -0.15) is 0 Å². The molecule has 0 radical (unpaired) electrons. The Morgan fingerprint density at radius 1 is 1.35 bits per heavy atom. The van der Waals surface area contributed by atoms with Crippen molar-refractivity contribution < 1.29 is 14.0 Å². The van der Waals surface area contributed by atoms with E-state index in [1.807, 2.05) is 6.92 Å². The topological polar surface area (TPSA) is 66.6 Å². The zero-order valence-electron chi connectivity index (χ0n) is 13.3. The highest BCUT2D eigenvalue weighted by atomic mass is 19.1. The van der Waals surface area contributed by atoms with Crippen molar-refractivity contribution >= 4 is 17.5 Å². The summed E-state index contributed by atoms with van der Waals surface area (Å²) < 4.78 is 14.2.